The van der Waals surface area contributed by atoms with E-state index in [1.54, 1.807) is 0 Å². The molecule has 66 valence electrons. The predicted molar refractivity (Wildman–Crippen MR) is 34.6 cm³/mol. The molecule has 0 bridgehead atoms. The molecule has 1 aliphatic heterocycles. The second-order valence-corrected chi connectivity index (χ2v) is 2.62. The summed E-state index contributed by atoms with van der Waals surface area (Å²) >= 11 is 0. The standard InChI is InChI=1S/C6H12O5/c7-2-5-3(8)1-4(9)6(10)11-5/h3-10H,1-2H2/t3-,4-,5-,6+/m0/s1. The minimum Gasteiger partial charge on any atom is -0.394 e. The Morgan fingerprint density at radius 3 is 2.36 bits per heavy atom. The molecule has 1 saturated heterocycles. The van der Waals surface area contributed by atoms with Crippen molar-refractivity contribution in [3.8, 4) is 0 Å². The molecule has 1 rings (SSSR count). The van der Waals surface area contributed by atoms with Crippen molar-refractivity contribution in [3.05, 3.63) is 0 Å². The normalized spacial score (nSPS) is 45.8. The molecule has 0 aliphatic carbocycles. The van der Waals surface area contributed by atoms with Crippen LogP contribution in [0.4, 0.5) is 0 Å². The molecule has 0 aromatic heterocycles. The van der Waals surface area contributed by atoms with E-state index in [1.807, 2.05) is 0 Å². The Kier molecular flexibility index (Phi) is 2.80. The fourth-order valence-electron chi connectivity index (χ4n) is 1.04. The third kappa shape index (κ3) is 1.88. The molecule has 0 aromatic carbocycles. The van der Waals surface area contributed by atoms with Gasteiger partial charge in [-0.25, -0.2) is 0 Å². The Labute approximate surface area is 63.8 Å². The van der Waals surface area contributed by atoms with Gasteiger partial charge in [-0.05, 0) is 0 Å². The molecule has 0 radical (unpaired) electrons. The summed E-state index contributed by atoms with van der Waals surface area (Å²) in [4.78, 5) is 0. The molecule has 11 heavy (non-hydrogen) atoms. The first-order valence-electron chi connectivity index (χ1n) is 3.45. The van der Waals surface area contributed by atoms with E-state index in [2.05, 4.69) is 4.74 Å². The highest BCUT2D eigenvalue weighted by Gasteiger charge is 2.34. The number of hydrogen-bond donors (Lipinski definition) is 4. The summed E-state index contributed by atoms with van der Waals surface area (Å²) in [5.41, 5.74) is 0. The largest absolute Gasteiger partial charge is 0.394 e. The van der Waals surface area contributed by atoms with Crippen LogP contribution in [0.3, 0.4) is 0 Å². The molecule has 4 N–H and O–H groups in total. The van der Waals surface area contributed by atoms with E-state index >= 15 is 0 Å². The number of aliphatic hydroxyl groups is 4. The van der Waals surface area contributed by atoms with Crippen molar-refractivity contribution >= 4 is 0 Å². The van der Waals surface area contributed by atoms with Crippen molar-refractivity contribution in [2.75, 3.05) is 6.61 Å². The molecular weight excluding hydrogens is 152 g/mol. The van der Waals surface area contributed by atoms with Gasteiger partial charge in [0, 0.05) is 6.42 Å². The van der Waals surface area contributed by atoms with E-state index in [-0.39, 0.29) is 13.0 Å². The Hall–Kier alpha value is -0.200. The Balaban J connectivity index is 2.48. The first-order chi connectivity index (χ1) is 5.15. The molecule has 1 heterocycles. The van der Waals surface area contributed by atoms with Crippen molar-refractivity contribution in [1.29, 1.82) is 0 Å². The molecule has 5 heteroatoms. The van der Waals surface area contributed by atoms with E-state index in [9.17, 15) is 0 Å². The van der Waals surface area contributed by atoms with Crippen molar-refractivity contribution in [3.63, 3.8) is 0 Å². The zero-order valence-electron chi connectivity index (χ0n) is 5.92. The minimum absolute atomic E-state index is 0.0341. The first-order valence-corrected chi connectivity index (χ1v) is 3.45. The molecule has 5 nitrogen and oxygen atoms in total. The fraction of sp³-hybridized carbons (Fsp3) is 1.00. The number of ether oxygens (including phenoxy) is 1. The van der Waals surface area contributed by atoms with Gasteiger partial charge in [0.1, 0.15) is 12.2 Å². The van der Waals surface area contributed by atoms with Crippen LogP contribution in [0.15, 0.2) is 0 Å². The summed E-state index contributed by atoms with van der Waals surface area (Å²) in [6.07, 6.45) is -4.01. The lowest BCUT2D eigenvalue weighted by Gasteiger charge is -2.33. The van der Waals surface area contributed by atoms with Gasteiger partial charge in [0.05, 0.1) is 12.7 Å². The van der Waals surface area contributed by atoms with Gasteiger partial charge in [-0.3, -0.25) is 0 Å². The maximum absolute atomic E-state index is 9.10. The second-order valence-electron chi connectivity index (χ2n) is 2.62. The summed E-state index contributed by atoms with van der Waals surface area (Å²) in [6, 6.07) is 0. The SMILES string of the molecule is OC[C@@H]1O[C@@H](O)[C@@H](O)C[C@@H]1O. The van der Waals surface area contributed by atoms with Gasteiger partial charge in [0.2, 0.25) is 0 Å². The van der Waals surface area contributed by atoms with E-state index in [1.165, 1.54) is 0 Å². The maximum Gasteiger partial charge on any atom is 0.181 e. The van der Waals surface area contributed by atoms with E-state index in [0.717, 1.165) is 0 Å². The Bertz CT molecular complexity index is 128. The first kappa shape index (κ1) is 8.89. The van der Waals surface area contributed by atoms with Crippen LogP contribution >= 0.6 is 0 Å². The third-order valence-corrected chi connectivity index (χ3v) is 1.74. The molecule has 0 spiro atoms. The van der Waals surface area contributed by atoms with Crippen LogP contribution < -0.4 is 0 Å². The highest BCUT2D eigenvalue weighted by molar-refractivity contribution is 4.79. The molecular formula is C6H12O5. The fourth-order valence-corrected chi connectivity index (χ4v) is 1.04. The van der Waals surface area contributed by atoms with Gasteiger partial charge in [-0.1, -0.05) is 0 Å². The van der Waals surface area contributed by atoms with Gasteiger partial charge in [-0.2, -0.15) is 0 Å². The van der Waals surface area contributed by atoms with Gasteiger partial charge in [0.15, 0.2) is 6.29 Å². The van der Waals surface area contributed by atoms with Crippen LogP contribution in [0.1, 0.15) is 6.42 Å². The lowest BCUT2D eigenvalue weighted by atomic mass is 10.0. The Morgan fingerprint density at radius 1 is 1.18 bits per heavy atom. The van der Waals surface area contributed by atoms with E-state index < -0.39 is 24.6 Å². The van der Waals surface area contributed by atoms with Crippen molar-refractivity contribution in [1.82, 2.24) is 0 Å². The highest BCUT2D eigenvalue weighted by atomic mass is 16.6. The number of rotatable bonds is 1. The van der Waals surface area contributed by atoms with Crippen LogP contribution in [0.5, 0.6) is 0 Å². The molecule has 0 saturated carbocycles. The van der Waals surface area contributed by atoms with E-state index in [4.69, 9.17) is 20.4 Å². The summed E-state index contributed by atoms with van der Waals surface area (Å²) in [5, 5.41) is 35.5. The summed E-state index contributed by atoms with van der Waals surface area (Å²) < 4.78 is 4.67. The average molecular weight is 164 g/mol. The van der Waals surface area contributed by atoms with Crippen molar-refractivity contribution in [2.24, 2.45) is 0 Å². The van der Waals surface area contributed by atoms with Gasteiger partial charge in [0.25, 0.3) is 0 Å². The summed E-state index contributed by atoms with van der Waals surface area (Å²) in [6.45, 7) is -0.356. The minimum atomic E-state index is -1.30. The van der Waals surface area contributed by atoms with Crippen molar-refractivity contribution < 1.29 is 25.2 Å². The molecule has 4 atom stereocenters. The quantitative estimate of drug-likeness (QED) is 0.353. The smallest absolute Gasteiger partial charge is 0.181 e. The van der Waals surface area contributed by atoms with Crippen LogP contribution in [-0.2, 0) is 4.74 Å². The van der Waals surface area contributed by atoms with Crippen LogP contribution in [0.25, 0.3) is 0 Å². The van der Waals surface area contributed by atoms with Gasteiger partial charge >= 0.3 is 0 Å². The monoisotopic (exact) mass is 164 g/mol. The average Bonchev–Trinajstić information content (AvgIpc) is 1.97. The van der Waals surface area contributed by atoms with E-state index in [0.29, 0.717) is 0 Å². The molecule has 0 amide bonds. The summed E-state index contributed by atoms with van der Waals surface area (Å²) in [5.74, 6) is 0. The van der Waals surface area contributed by atoms with Crippen LogP contribution in [-0.4, -0.2) is 51.6 Å². The number of aliphatic hydroxyl groups excluding tert-OH is 4. The van der Waals surface area contributed by atoms with Crippen LogP contribution in [0.2, 0.25) is 0 Å². The highest BCUT2D eigenvalue weighted by Crippen LogP contribution is 2.18. The molecule has 0 aromatic rings. The molecule has 1 fully saturated rings. The van der Waals surface area contributed by atoms with Gasteiger partial charge in [-0.15, -0.1) is 0 Å². The second kappa shape index (κ2) is 3.46. The molecule has 0 unspecified atom stereocenters. The zero-order valence-corrected chi connectivity index (χ0v) is 5.92. The predicted octanol–water partition coefficient (Wildman–Crippen LogP) is -2.19. The Morgan fingerprint density at radius 2 is 1.82 bits per heavy atom. The van der Waals surface area contributed by atoms with Crippen molar-refractivity contribution in [2.45, 2.75) is 31.0 Å². The zero-order chi connectivity index (χ0) is 8.43. The van der Waals surface area contributed by atoms with Crippen LogP contribution in [0, 0.1) is 0 Å². The third-order valence-electron chi connectivity index (χ3n) is 1.74. The maximum atomic E-state index is 9.10. The topological polar surface area (TPSA) is 90.2 Å². The van der Waals surface area contributed by atoms with Gasteiger partial charge < -0.3 is 25.2 Å². The lowest BCUT2D eigenvalue weighted by molar-refractivity contribution is -0.251. The summed E-state index contributed by atoms with van der Waals surface area (Å²) in [7, 11) is 0. The number of hydrogen-bond acceptors (Lipinski definition) is 5. The molecule has 1 aliphatic rings. The lowest BCUT2D eigenvalue weighted by Crippen LogP contribution is -2.48.